The minimum absolute atomic E-state index is 0.0413. The van der Waals surface area contributed by atoms with Crippen molar-refractivity contribution in [1.82, 2.24) is 31.9 Å². The molecule has 0 bridgehead atoms. The number of aromatic hydroxyl groups is 1. The predicted molar refractivity (Wildman–Crippen MR) is 275 cm³/mol. The van der Waals surface area contributed by atoms with Crippen LogP contribution in [-0.4, -0.2) is 160 Å². The maximum atomic E-state index is 12.7. The number of hydrogen-bond acceptors (Lipinski definition) is 15. The zero-order chi connectivity index (χ0) is 54.4. The lowest BCUT2D eigenvalue weighted by Crippen LogP contribution is -2.48. The van der Waals surface area contributed by atoms with Crippen LogP contribution in [-0.2, 0) is 63.7 Å². The van der Waals surface area contributed by atoms with Crippen LogP contribution < -0.4 is 37.6 Å². The Morgan fingerprint density at radius 2 is 1.00 bits per heavy atom. The molecule has 0 aliphatic heterocycles. The second-order valence-electron chi connectivity index (χ2n) is 18.1. The molecule has 0 aliphatic rings. The minimum atomic E-state index is -1.19. The van der Waals surface area contributed by atoms with Gasteiger partial charge in [0.2, 0.25) is 29.5 Å². The quantitative estimate of drug-likeness (QED) is 0.0331. The van der Waals surface area contributed by atoms with E-state index in [0.717, 1.165) is 50.5 Å². The lowest BCUT2D eigenvalue weighted by molar-refractivity contribution is -0.142. The third kappa shape index (κ3) is 39.2. The highest BCUT2D eigenvalue weighted by molar-refractivity contribution is 5.87. The van der Waals surface area contributed by atoms with Crippen LogP contribution in [0.5, 0.6) is 5.75 Å². The maximum Gasteiger partial charge on any atom is 0.326 e. The summed E-state index contributed by atoms with van der Waals surface area (Å²) in [5.74, 6) is -4.04. The lowest BCUT2D eigenvalue weighted by atomic mass is 10.0. The number of amides is 5. The van der Waals surface area contributed by atoms with Gasteiger partial charge in [-0.3, -0.25) is 38.9 Å². The molecule has 0 spiro atoms. The fourth-order valence-electron chi connectivity index (χ4n) is 7.49. The topological polar surface area (TPSA) is 332 Å². The van der Waals surface area contributed by atoms with Gasteiger partial charge in [0, 0.05) is 45.9 Å². The molecule has 2 radical (unpaired) electrons. The zero-order valence-electron chi connectivity index (χ0n) is 43.5. The van der Waals surface area contributed by atoms with Crippen LogP contribution in [0.15, 0.2) is 24.3 Å². The van der Waals surface area contributed by atoms with Crippen LogP contribution in [0.2, 0.25) is 0 Å². The highest BCUT2D eigenvalue weighted by Gasteiger charge is 2.22. The van der Waals surface area contributed by atoms with Crippen LogP contribution in [0, 0.1) is 7.05 Å². The van der Waals surface area contributed by atoms with E-state index in [0.29, 0.717) is 32.2 Å². The fourth-order valence-corrected chi connectivity index (χ4v) is 7.49. The number of Topliss-reactive ketones (excluding diaryl/α,β-unsaturated/α-hetero) is 1. The number of phenols is 1. The Morgan fingerprint density at radius 3 is 1.50 bits per heavy atom. The van der Waals surface area contributed by atoms with Crippen LogP contribution in [0.4, 0.5) is 0 Å². The third-order valence-corrected chi connectivity index (χ3v) is 11.8. The van der Waals surface area contributed by atoms with E-state index >= 15 is 0 Å². The Morgan fingerprint density at radius 1 is 0.514 bits per heavy atom. The van der Waals surface area contributed by atoms with E-state index in [2.05, 4.69) is 31.9 Å². The van der Waals surface area contributed by atoms with Crippen molar-refractivity contribution in [3.63, 3.8) is 0 Å². The molecule has 0 aliphatic carbocycles. The fraction of sp³-hybridized carbons (Fsp3) is 0.712. The summed E-state index contributed by atoms with van der Waals surface area (Å²) in [7, 11) is 5.59. The van der Waals surface area contributed by atoms with Crippen molar-refractivity contribution in [2.24, 2.45) is 5.73 Å². The first-order chi connectivity index (χ1) is 35.7. The highest BCUT2D eigenvalue weighted by atomic mass is 16.5. The summed E-state index contributed by atoms with van der Waals surface area (Å²) in [5, 5.41) is 43.6. The number of aliphatic carboxylic acids is 2. The van der Waals surface area contributed by atoms with Crippen LogP contribution in [0.3, 0.4) is 0 Å². The number of carbonyl (C=O) groups excluding carboxylic acids is 6. The van der Waals surface area contributed by atoms with E-state index < -0.39 is 36.0 Å². The highest BCUT2D eigenvalue weighted by Crippen LogP contribution is 2.15. The predicted octanol–water partition coefficient (Wildman–Crippen LogP) is 2.84. The average molecular weight is 1050 g/mol. The molecule has 0 aromatic heterocycles. The van der Waals surface area contributed by atoms with Crippen LogP contribution in [0.1, 0.15) is 140 Å². The number of ether oxygens (including phenoxy) is 4. The summed E-state index contributed by atoms with van der Waals surface area (Å²) in [4.78, 5) is 95.5. The number of ketones is 1. The molecule has 1 aromatic rings. The molecular formula is C52H87N7O15. The Balaban J connectivity index is 1.95. The summed E-state index contributed by atoms with van der Waals surface area (Å²) < 4.78 is 21.4. The zero-order valence-corrected chi connectivity index (χ0v) is 43.5. The number of phenolic OH excluding ortho intramolecular Hbond substituents is 1. The summed E-state index contributed by atoms with van der Waals surface area (Å²) in [6.45, 7) is 1.41. The Labute approximate surface area is 437 Å². The van der Waals surface area contributed by atoms with Crippen molar-refractivity contribution in [3.05, 3.63) is 36.9 Å². The molecule has 74 heavy (non-hydrogen) atoms. The van der Waals surface area contributed by atoms with Gasteiger partial charge in [0.1, 0.15) is 25.0 Å². The SMILES string of the molecule is [CH]N[C@@H](CCCCNC(=O)COCCOCCNC(=O)COCCOCCNC(=O)CCC(NC(=O)CCCCCCCCCCCCCCCCC(=O)O)C(=O)O)C(=O)CN[C@H](Cc1ccc(O)cc1)C(N)=O. The lowest BCUT2D eigenvalue weighted by Gasteiger charge is -2.19. The van der Waals surface area contributed by atoms with Gasteiger partial charge in [-0.1, -0.05) is 89.2 Å². The molecule has 11 N–H and O–H groups in total. The third-order valence-electron chi connectivity index (χ3n) is 11.8. The first-order valence-corrected chi connectivity index (χ1v) is 26.4. The molecule has 1 aromatic carbocycles. The monoisotopic (exact) mass is 1050 g/mol. The number of carboxylic acid groups (broad SMARTS) is 2. The van der Waals surface area contributed by atoms with E-state index in [9.17, 15) is 48.6 Å². The summed E-state index contributed by atoms with van der Waals surface area (Å²) in [6.07, 6.45) is 17.1. The maximum absolute atomic E-state index is 12.7. The standard InChI is InChI=1S/C52H87N7O15/c1-54-42(45(61)37-58-44(51(53)68)36-40-21-23-41(60)24-22-40)18-16-17-27-55-48(64)38-73-34-33-72-31-29-57-49(65)39-74-35-32-71-30-28-56-46(62)26-25-43(52(69)70)59-47(63)19-14-12-10-8-6-4-2-3-5-7-9-11-13-15-20-50(66)67/h1,21-24,42-44,54,58,60H,2-20,25-39H2,(H2,53,68)(H,55,64)(H,56,62)(H,57,65)(H,59,63)(H,66,67)(H,69,70)/t42-,43?,44+/m0/s1. The minimum Gasteiger partial charge on any atom is -0.508 e. The molecule has 22 heteroatoms. The van der Waals surface area contributed by atoms with Gasteiger partial charge in [0.25, 0.3) is 0 Å². The van der Waals surface area contributed by atoms with Crippen LogP contribution >= 0.6 is 0 Å². The first kappa shape index (κ1) is 66.8. The van der Waals surface area contributed by atoms with Gasteiger partial charge in [-0.25, -0.2) is 4.79 Å². The summed E-state index contributed by atoms with van der Waals surface area (Å²) in [5.41, 5.74) is 6.26. The Bertz CT molecular complexity index is 1720. The number of benzene rings is 1. The molecule has 1 rings (SSSR count). The molecule has 1 unspecified atom stereocenters. The van der Waals surface area contributed by atoms with Gasteiger partial charge in [0.15, 0.2) is 5.78 Å². The van der Waals surface area contributed by atoms with Crippen molar-refractivity contribution in [3.8, 4) is 5.75 Å². The smallest absolute Gasteiger partial charge is 0.326 e. The van der Waals surface area contributed by atoms with E-state index in [4.69, 9.17) is 36.8 Å². The first-order valence-electron chi connectivity index (χ1n) is 26.4. The average Bonchev–Trinajstić information content (AvgIpc) is 3.36. The van der Waals surface area contributed by atoms with Crippen molar-refractivity contribution >= 4 is 47.3 Å². The van der Waals surface area contributed by atoms with Gasteiger partial charge in [-0.15, -0.1) is 0 Å². The van der Waals surface area contributed by atoms with Crippen molar-refractivity contribution in [2.45, 2.75) is 159 Å². The van der Waals surface area contributed by atoms with Gasteiger partial charge in [-0.2, -0.15) is 0 Å². The summed E-state index contributed by atoms with van der Waals surface area (Å²) >= 11 is 0. The van der Waals surface area contributed by atoms with Crippen molar-refractivity contribution in [2.75, 3.05) is 79.0 Å². The van der Waals surface area contributed by atoms with Crippen molar-refractivity contribution in [1.29, 1.82) is 0 Å². The molecule has 0 heterocycles. The second-order valence-corrected chi connectivity index (χ2v) is 18.1. The Hall–Kier alpha value is -5.26. The number of carboxylic acids is 2. The number of primary amides is 1. The normalized spacial score (nSPS) is 12.3. The molecule has 22 nitrogen and oxygen atoms in total. The molecule has 0 saturated carbocycles. The largest absolute Gasteiger partial charge is 0.508 e. The molecule has 0 saturated heterocycles. The van der Waals surface area contributed by atoms with Gasteiger partial charge >= 0.3 is 11.9 Å². The van der Waals surface area contributed by atoms with Crippen molar-refractivity contribution < 1.29 is 72.6 Å². The number of hydrogen-bond donors (Lipinski definition) is 10. The van der Waals surface area contributed by atoms with E-state index in [1.807, 2.05) is 0 Å². The number of unbranched alkanes of at least 4 members (excludes halogenated alkanes) is 14. The number of nitrogens with two attached hydrogens (primary N) is 1. The molecule has 0 fully saturated rings. The van der Waals surface area contributed by atoms with E-state index in [-0.39, 0.29) is 140 Å². The second kappa shape index (κ2) is 45.2. The van der Waals surface area contributed by atoms with Gasteiger partial charge in [0.05, 0.1) is 58.3 Å². The summed E-state index contributed by atoms with van der Waals surface area (Å²) in [6, 6.07) is 3.72. The van der Waals surface area contributed by atoms with E-state index in [1.54, 1.807) is 12.1 Å². The van der Waals surface area contributed by atoms with Crippen LogP contribution in [0.25, 0.3) is 0 Å². The van der Waals surface area contributed by atoms with E-state index in [1.165, 1.54) is 50.7 Å². The number of rotatable bonds is 51. The molecular weight excluding hydrogens is 963 g/mol. The molecule has 5 amide bonds. The van der Waals surface area contributed by atoms with Gasteiger partial charge in [-0.05, 0) is 62.6 Å². The number of nitrogens with one attached hydrogen (secondary N) is 6. The number of carbonyl (C=O) groups is 8. The molecule has 420 valence electrons. The molecule has 3 atom stereocenters. The van der Waals surface area contributed by atoms with Gasteiger partial charge < -0.3 is 66.6 Å². The Kier molecular flexibility index (Phi) is 40.7.